The van der Waals surface area contributed by atoms with Crippen LogP contribution in [0, 0.1) is 0 Å². The quantitative estimate of drug-likeness (QED) is 0.0502. The van der Waals surface area contributed by atoms with E-state index in [9.17, 15) is 9.59 Å². The summed E-state index contributed by atoms with van der Waals surface area (Å²) in [6.07, 6.45) is 1.38. The predicted molar refractivity (Wildman–Crippen MR) is 248 cm³/mol. The molecule has 1 saturated heterocycles. The van der Waals surface area contributed by atoms with Crippen LogP contribution in [0.1, 0.15) is 68.0 Å². The topological polar surface area (TPSA) is 110 Å². The minimum Gasteiger partial charge on any atom is -0.493 e. The van der Waals surface area contributed by atoms with E-state index in [1.165, 1.54) is 0 Å². The van der Waals surface area contributed by atoms with Gasteiger partial charge in [0.05, 0.1) is 37.6 Å². The number of nitrogens with zero attached hydrogens (tertiary/aromatic N) is 5. The standard InChI is InChI=1S/C49H58BrN5O7/c1-7-59-47(56)46-39(19-12-29-60-43-20-10-15-34-14-8-9-16-37(34)43)38-17-11-18-40(45(38)55(46)26-13-25-52(5)48(57)62-49(2,3)4)44-41(51-53(6)42(44)32-50)33-61-36-23-21-35(22-24-36)54-27-30-58-31-28-54/h8-11,14-18,20-24H,7,12-13,19,25-33H2,1-6H3. The van der Waals surface area contributed by atoms with Gasteiger partial charge < -0.3 is 38.1 Å². The van der Waals surface area contributed by atoms with Crippen molar-refractivity contribution in [3.8, 4) is 22.6 Å². The summed E-state index contributed by atoms with van der Waals surface area (Å²) in [5.41, 5.74) is 6.41. The minimum atomic E-state index is -0.620. The second kappa shape index (κ2) is 20.1. The molecule has 6 aromatic rings. The third-order valence-corrected chi connectivity index (χ3v) is 11.6. The first-order valence-electron chi connectivity index (χ1n) is 21.5. The van der Waals surface area contributed by atoms with Gasteiger partial charge in [0.2, 0.25) is 0 Å². The SMILES string of the molecule is CCOC(=O)c1c(CCCOc2cccc3ccccc23)c2cccc(-c3c(COc4ccc(N5CCOCC5)cc4)nn(C)c3CBr)c2n1CCCN(C)C(=O)OC(C)(C)C. The average molecular weight is 909 g/mol. The Hall–Kier alpha value is -5.53. The molecule has 7 rings (SSSR count). The van der Waals surface area contributed by atoms with Gasteiger partial charge in [-0.2, -0.15) is 5.10 Å². The molecule has 0 bridgehead atoms. The molecule has 12 nitrogen and oxygen atoms in total. The van der Waals surface area contributed by atoms with Crippen molar-refractivity contribution < 1.29 is 33.3 Å². The summed E-state index contributed by atoms with van der Waals surface area (Å²) in [5.74, 6) is 1.18. The van der Waals surface area contributed by atoms with Gasteiger partial charge in [-0.1, -0.05) is 70.5 Å². The number of carbonyl (C=O) groups is 2. The molecule has 3 heterocycles. The average Bonchev–Trinajstić information content (AvgIpc) is 3.77. The van der Waals surface area contributed by atoms with E-state index >= 15 is 0 Å². The number of morpholine rings is 1. The molecule has 2 aromatic heterocycles. The molecular formula is C49H58BrN5O7. The van der Waals surface area contributed by atoms with Crippen molar-refractivity contribution in [1.82, 2.24) is 19.2 Å². The summed E-state index contributed by atoms with van der Waals surface area (Å²) in [4.78, 5) is 31.1. The number of rotatable bonds is 17. The van der Waals surface area contributed by atoms with Gasteiger partial charge in [-0.3, -0.25) is 4.68 Å². The van der Waals surface area contributed by atoms with Crippen LogP contribution >= 0.6 is 15.9 Å². The van der Waals surface area contributed by atoms with E-state index in [4.69, 9.17) is 28.8 Å². The zero-order chi connectivity index (χ0) is 43.8. The zero-order valence-electron chi connectivity index (χ0n) is 36.7. The van der Waals surface area contributed by atoms with E-state index in [1.807, 2.05) is 81.9 Å². The fraction of sp³-hybridized carbons (Fsp3) is 0.408. The number of hydrogen-bond donors (Lipinski definition) is 0. The van der Waals surface area contributed by atoms with Crippen molar-refractivity contribution in [2.75, 3.05) is 58.0 Å². The van der Waals surface area contributed by atoms with Crippen molar-refractivity contribution in [1.29, 1.82) is 0 Å². The summed E-state index contributed by atoms with van der Waals surface area (Å²) >= 11 is 3.77. The predicted octanol–water partition coefficient (Wildman–Crippen LogP) is 9.95. The Morgan fingerprint density at radius 2 is 1.63 bits per heavy atom. The van der Waals surface area contributed by atoms with Crippen molar-refractivity contribution in [3.63, 3.8) is 0 Å². The van der Waals surface area contributed by atoms with Gasteiger partial charge in [0, 0.05) is 73.2 Å². The Labute approximate surface area is 372 Å². The molecular weight excluding hydrogens is 850 g/mol. The molecule has 4 aromatic carbocycles. The van der Waals surface area contributed by atoms with Crippen LogP contribution in [0.3, 0.4) is 0 Å². The number of hydrogen-bond acceptors (Lipinski definition) is 9. The van der Waals surface area contributed by atoms with E-state index in [0.29, 0.717) is 50.0 Å². The number of alkyl halides is 1. The van der Waals surface area contributed by atoms with Crippen LogP contribution in [0.25, 0.3) is 32.8 Å². The molecule has 1 amide bonds. The number of benzene rings is 4. The van der Waals surface area contributed by atoms with Crippen LogP contribution < -0.4 is 14.4 Å². The Kier molecular flexibility index (Phi) is 14.4. The Bertz CT molecular complexity index is 2480. The van der Waals surface area contributed by atoms with Crippen LogP contribution in [0.5, 0.6) is 11.5 Å². The number of aromatic nitrogens is 3. The highest BCUT2D eigenvalue weighted by atomic mass is 79.9. The molecule has 13 heteroatoms. The van der Waals surface area contributed by atoms with Crippen LogP contribution in [0.2, 0.25) is 0 Å². The first-order valence-corrected chi connectivity index (χ1v) is 22.6. The van der Waals surface area contributed by atoms with E-state index in [1.54, 1.807) is 11.9 Å². The number of anilines is 1. The molecule has 0 unspecified atom stereocenters. The maximum absolute atomic E-state index is 14.2. The third kappa shape index (κ3) is 10.2. The lowest BCUT2D eigenvalue weighted by molar-refractivity contribution is 0.0294. The zero-order valence-corrected chi connectivity index (χ0v) is 38.3. The number of ether oxygens (including phenoxy) is 5. The summed E-state index contributed by atoms with van der Waals surface area (Å²) in [7, 11) is 3.68. The summed E-state index contributed by atoms with van der Waals surface area (Å²) in [6.45, 7) is 12.3. The molecule has 0 atom stereocenters. The lowest BCUT2D eigenvalue weighted by atomic mass is 9.98. The Morgan fingerprint density at radius 1 is 0.903 bits per heavy atom. The van der Waals surface area contributed by atoms with E-state index in [-0.39, 0.29) is 13.2 Å². The molecule has 1 fully saturated rings. The number of esters is 1. The highest BCUT2D eigenvalue weighted by Crippen LogP contribution is 2.40. The first kappa shape index (κ1) is 44.5. The maximum Gasteiger partial charge on any atom is 0.410 e. The molecule has 0 radical (unpaired) electrons. The van der Waals surface area contributed by atoms with Gasteiger partial charge in [-0.15, -0.1) is 0 Å². The summed E-state index contributed by atoms with van der Waals surface area (Å²) in [6, 6.07) is 28.7. The maximum atomic E-state index is 14.2. The van der Waals surface area contributed by atoms with E-state index in [2.05, 4.69) is 67.9 Å². The second-order valence-electron chi connectivity index (χ2n) is 16.5. The Morgan fingerprint density at radius 3 is 2.37 bits per heavy atom. The number of aryl methyl sites for hydroxylation is 3. The fourth-order valence-corrected chi connectivity index (χ4v) is 8.80. The number of carbonyl (C=O) groups excluding carboxylic acids is 2. The fourth-order valence-electron chi connectivity index (χ4n) is 8.15. The largest absolute Gasteiger partial charge is 0.493 e. The van der Waals surface area contributed by atoms with Gasteiger partial charge in [0.1, 0.15) is 35.1 Å². The normalized spacial score (nSPS) is 13.1. The second-order valence-corrected chi connectivity index (χ2v) is 17.1. The van der Waals surface area contributed by atoms with Gasteiger partial charge in [0.25, 0.3) is 0 Å². The molecule has 1 aliphatic heterocycles. The highest BCUT2D eigenvalue weighted by Gasteiger charge is 2.29. The molecule has 0 spiro atoms. The minimum absolute atomic E-state index is 0.226. The van der Waals surface area contributed by atoms with Crippen LogP contribution in [0.15, 0.2) is 84.9 Å². The molecule has 1 aliphatic rings. The first-order chi connectivity index (χ1) is 30.0. The molecule has 328 valence electrons. The lowest BCUT2D eigenvalue weighted by Gasteiger charge is -2.28. The number of fused-ring (bicyclic) bond motifs is 2. The van der Waals surface area contributed by atoms with Gasteiger partial charge in [-0.25, -0.2) is 9.59 Å². The van der Waals surface area contributed by atoms with Crippen molar-refractivity contribution in [2.45, 2.75) is 71.0 Å². The smallest absolute Gasteiger partial charge is 0.410 e. The van der Waals surface area contributed by atoms with Crippen molar-refractivity contribution >= 4 is 55.4 Å². The van der Waals surface area contributed by atoms with Crippen molar-refractivity contribution in [3.05, 3.63) is 108 Å². The molecule has 62 heavy (non-hydrogen) atoms. The molecule has 0 N–H and O–H groups in total. The summed E-state index contributed by atoms with van der Waals surface area (Å²) < 4.78 is 33.8. The molecule has 0 saturated carbocycles. The van der Waals surface area contributed by atoms with Crippen molar-refractivity contribution in [2.24, 2.45) is 7.05 Å². The van der Waals surface area contributed by atoms with Gasteiger partial charge >= 0.3 is 12.1 Å². The Balaban J connectivity index is 1.25. The van der Waals surface area contributed by atoms with Gasteiger partial charge in [-0.05, 0) is 88.2 Å². The van der Waals surface area contributed by atoms with Crippen LogP contribution in [-0.2, 0) is 46.2 Å². The van der Waals surface area contributed by atoms with E-state index < -0.39 is 17.7 Å². The number of para-hydroxylation sites is 1. The van der Waals surface area contributed by atoms with E-state index in [0.717, 1.165) is 93.2 Å². The summed E-state index contributed by atoms with van der Waals surface area (Å²) in [5, 5.41) is 8.67. The monoisotopic (exact) mass is 907 g/mol. The molecule has 0 aliphatic carbocycles. The van der Waals surface area contributed by atoms with Gasteiger partial charge in [0.15, 0.2) is 0 Å². The van der Waals surface area contributed by atoms with Crippen LogP contribution in [0.4, 0.5) is 10.5 Å². The highest BCUT2D eigenvalue weighted by molar-refractivity contribution is 9.08. The lowest BCUT2D eigenvalue weighted by Crippen LogP contribution is -2.36. The number of amides is 1. The van der Waals surface area contributed by atoms with Crippen LogP contribution in [-0.4, -0.2) is 90.0 Å². The third-order valence-electron chi connectivity index (χ3n) is 11.0. The number of halogens is 1.